The second-order valence-corrected chi connectivity index (χ2v) is 10.2. The van der Waals surface area contributed by atoms with Gasteiger partial charge in [-0.25, -0.2) is 9.69 Å². The van der Waals surface area contributed by atoms with Gasteiger partial charge in [-0.1, -0.05) is 54.6 Å². The van der Waals surface area contributed by atoms with E-state index in [1.165, 1.54) is 6.08 Å². The summed E-state index contributed by atoms with van der Waals surface area (Å²) < 4.78 is 12.7. The summed E-state index contributed by atoms with van der Waals surface area (Å²) >= 11 is 3.58. The zero-order chi connectivity index (χ0) is 28.4. The average molecular weight is 599 g/mol. The van der Waals surface area contributed by atoms with E-state index < -0.39 is 17.8 Å². The summed E-state index contributed by atoms with van der Waals surface area (Å²) in [6.07, 6.45) is 1.45. The predicted molar refractivity (Wildman–Crippen MR) is 159 cm³/mol. The van der Waals surface area contributed by atoms with Crippen LogP contribution >= 0.6 is 15.9 Å². The van der Waals surface area contributed by atoms with Crippen LogP contribution in [0.1, 0.15) is 29.2 Å². The molecule has 1 N–H and O–H groups in total. The van der Waals surface area contributed by atoms with Gasteiger partial charge in [-0.3, -0.25) is 14.9 Å². The lowest BCUT2D eigenvalue weighted by Crippen LogP contribution is -2.54. The van der Waals surface area contributed by atoms with Crippen molar-refractivity contribution in [1.82, 2.24) is 5.32 Å². The first-order chi connectivity index (χ1) is 19.3. The molecule has 0 saturated carbocycles. The Kier molecular flexibility index (Phi) is 7.71. The van der Waals surface area contributed by atoms with Gasteiger partial charge in [-0.2, -0.15) is 0 Å². The Hall–Kier alpha value is -4.43. The Balaban J connectivity index is 1.48. The molecule has 1 fully saturated rings. The number of halogens is 1. The van der Waals surface area contributed by atoms with Crippen molar-refractivity contribution >= 4 is 56.3 Å². The van der Waals surface area contributed by atoms with Crippen LogP contribution in [-0.4, -0.2) is 24.5 Å². The molecule has 0 unspecified atom stereocenters. The van der Waals surface area contributed by atoms with E-state index in [0.29, 0.717) is 40.4 Å². The maximum absolute atomic E-state index is 13.5. The quantitative estimate of drug-likeness (QED) is 0.185. The number of urea groups is 1. The van der Waals surface area contributed by atoms with E-state index in [4.69, 9.17) is 9.47 Å². The van der Waals surface area contributed by atoms with Gasteiger partial charge < -0.3 is 9.47 Å². The van der Waals surface area contributed by atoms with Crippen LogP contribution < -0.4 is 19.7 Å². The van der Waals surface area contributed by atoms with E-state index in [1.807, 2.05) is 51.1 Å². The molecule has 1 aliphatic rings. The highest BCUT2D eigenvalue weighted by atomic mass is 79.9. The molecule has 0 radical (unpaired) electrons. The van der Waals surface area contributed by atoms with Crippen molar-refractivity contribution in [2.45, 2.75) is 27.4 Å². The van der Waals surface area contributed by atoms with Crippen LogP contribution in [0, 0.1) is 13.8 Å². The highest BCUT2D eigenvalue weighted by Crippen LogP contribution is 2.39. The third-order valence-corrected chi connectivity index (χ3v) is 7.40. The number of carbonyl (C=O) groups excluding carboxylic acids is 3. The van der Waals surface area contributed by atoms with Crippen LogP contribution in [0.3, 0.4) is 0 Å². The largest absolute Gasteiger partial charge is 0.490 e. The van der Waals surface area contributed by atoms with Crippen LogP contribution in [0.4, 0.5) is 10.5 Å². The minimum absolute atomic E-state index is 0.167. The van der Waals surface area contributed by atoms with Gasteiger partial charge in [0.05, 0.1) is 16.8 Å². The number of amides is 4. The van der Waals surface area contributed by atoms with Crippen molar-refractivity contribution in [3.63, 3.8) is 0 Å². The molecule has 1 aliphatic heterocycles. The third-order valence-electron chi connectivity index (χ3n) is 6.81. The molecular formula is C32H27BrN2O5. The van der Waals surface area contributed by atoms with Gasteiger partial charge >= 0.3 is 6.03 Å². The van der Waals surface area contributed by atoms with Crippen molar-refractivity contribution < 1.29 is 23.9 Å². The number of nitrogens with zero attached hydrogens (tertiary/aromatic N) is 1. The highest BCUT2D eigenvalue weighted by Gasteiger charge is 2.37. The van der Waals surface area contributed by atoms with Crippen molar-refractivity contribution in [2.24, 2.45) is 0 Å². The molecule has 7 nitrogen and oxygen atoms in total. The zero-order valence-electron chi connectivity index (χ0n) is 22.3. The number of fused-ring (bicyclic) bond motifs is 1. The molecule has 0 spiro atoms. The van der Waals surface area contributed by atoms with Crippen LogP contribution in [0.15, 0.2) is 82.8 Å². The Bertz CT molecular complexity index is 1690. The monoisotopic (exact) mass is 598 g/mol. The summed E-state index contributed by atoms with van der Waals surface area (Å²) in [5.74, 6) is -0.506. The minimum atomic E-state index is -0.783. The van der Waals surface area contributed by atoms with Crippen molar-refractivity contribution in [3.8, 4) is 11.5 Å². The first kappa shape index (κ1) is 27.1. The maximum Gasteiger partial charge on any atom is 0.335 e. The van der Waals surface area contributed by atoms with Gasteiger partial charge in [0.25, 0.3) is 11.8 Å². The number of aryl methyl sites for hydroxylation is 1. The van der Waals surface area contributed by atoms with E-state index in [0.717, 1.165) is 32.4 Å². The number of rotatable bonds is 7. The van der Waals surface area contributed by atoms with Crippen LogP contribution in [-0.2, 0) is 16.2 Å². The van der Waals surface area contributed by atoms with Crippen LogP contribution in [0.25, 0.3) is 16.8 Å². The number of carbonyl (C=O) groups is 3. The average Bonchev–Trinajstić information content (AvgIpc) is 2.93. The molecular weight excluding hydrogens is 572 g/mol. The first-order valence-corrected chi connectivity index (χ1v) is 13.6. The van der Waals surface area contributed by atoms with Gasteiger partial charge in [-0.15, -0.1) is 0 Å². The van der Waals surface area contributed by atoms with Crippen molar-refractivity contribution in [1.29, 1.82) is 0 Å². The van der Waals surface area contributed by atoms with Gasteiger partial charge in [0.1, 0.15) is 12.2 Å². The molecule has 5 rings (SSSR count). The standard InChI is InChI=1S/C32H27BrN2O5/c1-4-39-28-17-21(16-26(33)29(28)40-18-23-12-8-11-22-10-5-6-13-24(22)23)15-25-30(36)34-32(38)35(31(25)37)27-14-7-9-19(2)20(27)3/h5-17H,4,18H2,1-3H3,(H,34,36,38)/b25-15+. The number of imide groups is 2. The second kappa shape index (κ2) is 11.4. The maximum atomic E-state index is 13.5. The van der Waals surface area contributed by atoms with E-state index in [-0.39, 0.29) is 5.57 Å². The molecule has 8 heteroatoms. The molecule has 0 aliphatic carbocycles. The molecule has 0 atom stereocenters. The highest BCUT2D eigenvalue weighted by molar-refractivity contribution is 9.10. The minimum Gasteiger partial charge on any atom is -0.490 e. The number of anilines is 1. The van der Waals surface area contributed by atoms with Crippen molar-refractivity contribution in [2.75, 3.05) is 11.5 Å². The lowest BCUT2D eigenvalue weighted by Gasteiger charge is -2.28. The number of nitrogens with one attached hydrogen (secondary N) is 1. The molecule has 0 bridgehead atoms. The number of hydrogen-bond acceptors (Lipinski definition) is 5. The fraction of sp³-hybridized carbons (Fsp3) is 0.156. The molecule has 202 valence electrons. The van der Waals surface area contributed by atoms with Gasteiger partial charge in [0, 0.05) is 0 Å². The third kappa shape index (κ3) is 5.22. The smallest absolute Gasteiger partial charge is 0.335 e. The first-order valence-electron chi connectivity index (χ1n) is 12.8. The number of benzene rings is 4. The van der Waals surface area contributed by atoms with E-state index in [1.54, 1.807) is 24.3 Å². The second-order valence-electron chi connectivity index (χ2n) is 9.37. The normalized spacial score (nSPS) is 14.6. The molecule has 1 saturated heterocycles. The summed E-state index contributed by atoms with van der Waals surface area (Å²) in [5.41, 5.74) is 3.51. The Morgan fingerprint density at radius 1 is 0.925 bits per heavy atom. The SMILES string of the molecule is CCOc1cc(/C=C2\C(=O)NC(=O)N(c3cccc(C)c3C)C2=O)cc(Br)c1OCc1cccc2ccccc12. The van der Waals surface area contributed by atoms with Gasteiger partial charge in [-0.05, 0) is 94.0 Å². The Morgan fingerprint density at radius 2 is 1.68 bits per heavy atom. The number of barbiturate groups is 1. The van der Waals surface area contributed by atoms with Crippen molar-refractivity contribution in [3.05, 3.63) is 105 Å². The topological polar surface area (TPSA) is 84.9 Å². The van der Waals surface area contributed by atoms with Gasteiger partial charge in [0.15, 0.2) is 11.5 Å². The Morgan fingerprint density at radius 3 is 2.48 bits per heavy atom. The number of ether oxygens (including phenoxy) is 2. The predicted octanol–water partition coefficient (Wildman–Crippen LogP) is 6.86. The Labute approximate surface area is 240 Å². The van der Waals surface area contributed by atoms with E-state index >= 15 is 0 Å². The summed E-state index contributed by atoms with van der Waals surface area (Å²) in [6, 6.07) is 22.2. The molecule has 1 heterocycles. The number of hydrogen-bond donors (Lipinski definition) is 1. The molecule has 40 heavy (non-hydrogen) atoms. The lowest BCUT2D eigenvalue weighted by atomic mass is 10.0. The van der Waals surface area contributed by atoms with E-state index in [2.05, 4.69) is 39.4 Å². The van der Waals surface area contributed by atoms with Gasteiger partial charge in [0.2, 0.25) is 0 Å². The zero-order valence-corrected chi connectivity index (χ0v) is 23.9. The van der Waals surface area contributed by atoms with Crippen LogP contribution in [0.2, 0.25) is 0 Å². The van der Waals surface area contributed by atoms with E-state index in [9.17, 15) is 14.4 Å². The molecule has 4 aromatic rings. The molecule has 0 aromatic heterocycles. The van der Waals surface area contributed by atoms with Crippen LogP contribution in [0.5, 0.6) is 11.5 Å². The summed E-state index contributed by atoms with van der Waals surface area (Å²) in [7, 11) is 0. The lowest BCUT2D eigenvalue weighted by molar-refractivity contribution is -0.122. The molecule has 4 amide bonds. The fourth-order valence-corrected chi connectivity index (χ4v) is 5.24. The summed E-state index contributed by atoms with van der Waals surface area (Å²) in [6.45, 7) is 6.27. The molecule has 4 aromatic carbocycles. The summed E-state index contributed by atoms with van der Waals surface area (Å²) in [4.78, 5) is 39.9. The summed E-state index contributed by atoms with van der Waals surface area (Å²) in [5, 5.41) is 4.51. The fourth-order valence-electron chi connectivity index (χ4n) is 4.66.